The van der Waals surface area contributed by atoms with Crippen LogP contribution in [0.3, 0.4) is 0 Å². The van der Waals surface area contributed by atoms with E-state index in [-0.39, 0.29) is 0 Å². The van der Waals surface area contributed by atoms with Crippen LogP contribution in [0.25, 0.3) is 0 Å². The molecule has 1 unspecified atom stereocenters. The Morgan fingerprint density at radius 3 is 2.73 bits per heavy atom. The van der Waals surface area contributed by atoms with Crippen molar-refractivity contribution in [1.82, 2.24) is 4.75 Å². The number of hydrogen-bond donors (Lipinski definition) is 0. The molecule has 0 spiro atoms. The zero-order valence-corrected chi connectivity index (χ0v) is 8.69. The van der Waals surface area contributed by atoms with Gasteiger partial charge in [0.2, 0.25) is 0 Å². The number of aromatic nitrogens is 1. The molecule has 60 valence electrons. The van der Waals surface area contributed by atoms with Gasteiger partial charge in [0.25, 0.3) is 0 Å². The van der Waals surface area contributed by atoms with Gasteiger partial charge in [0, 0.05) is 11.0 Å². The summed E-state index contributed by atoms with van der Waals surface area (Å²) in [5.41, 5.74) is 1.36. The summed E-state index contributed by atoms with van der Waals surface area (Å²) in [5, 5.41) is 1.67. The highest BCUT2D eigenvalue weighted by molar-refractivity contribution is 7.89. The summed E-state index contributed by atoms with van der Waals surface area (Å²) in [6, 6.07) is 0. The molecule has 1 atom stereocenters. The fourth-order valence-corrected chi connectivity index (χ4v) is 5.01. The smallest absolute Gasteiger partial charge is 0.0498 e. The lowest BCUT2D eigenvalue weighted by Gasteiger charge is -2.05. The summed E-state index contributed by atoms with van der Waals surface area (Å²) < 4.78 is 4.46. The first-order valence-electron chi connectivity index (χ1n) is 4.25. The quantitative estimate of drug-likeness (QED) is 0.650. The summed E-state index contributed by atoms with van der Waals surface area (Å²) in [4.78, 5) is 0. The average Bonchev–Trinajstić information content (AvgIpc) is 2.55. The normalized spacial score (nSPS) is 20.8. The van der Waals surface area contributed by atoms with Gasteiger partial charge in [0.1, 0.15) is 0 Å². The monoisotopic (exact) mass is 185 g/mol. The van der Waals surface area contributed by atoms with E-state index in [1.807, 2.05) is 0 Å². The van der Waals surface area contributed by atoms with Crippen molar-refractivity contribution < 1.29 is 0 Å². The number of rotatable bonds is 1. The fourth-order valence-electron chi connectivity index (χ4n) is 1.88. The lowest BCUT2D eigenvalue weighted by Crippen LogP contribution is -1.89. The molecule has 0 aromatic carbocycles. The maximum Gasteiger partial charge on any atom is 0.0498 e. The van der Waals surface area contributed by atoms with Gasteiger partial charge in [-0.25, -0.2) is 4.75 Å². The highest BCUT2D eigenvalue weighted by Gasteiger charge is 2.19. The minimum Gasteiger partial charge on any atom is -0.241 e. The molecule has 1 aromatic rings. The zero-order valence-electron chi connectivity index (χ0n) is 6.80. The van der Waals surface area contributed by atoms with Crippen LogP contribution in [-0.4, -0.2) is 4.75 Å². The Hall–Kier alpha value is 0.140. The van der Waals surface area contributed by atoms with Crippen LogP contribution >= 0.6 is 15.9 Å². The van der Waals surface area contributed by atoms with Crippen LogP contribution in [0.4, 0.5) is 0 Å². The van der Waals surface area contributed by atoms with E-state index in [1.54, 1.807) is 5.30 Å². The van der Waals surface area contributed by atoms with E-state index >= 15 is 0 Å². The van der Waals surface area contributed by atoms with Crippen molar-refractivity contribution >= 4 is 15.9 Å². The molecule has 2 rings (SSSR count). The molecular weight excluding hydrogens is 172 g/mol. The Morgan fingerprint density at radius 1 is 1.45 bits per heavy atom. The van der Waals surface area contributed by atoms with Crippen molar-refractivity contribution in [2.45, 2.75) is 38.5 Å². The Bertz CT molecular complexity index is 238. The SMILES string of the molecule is Cc1n[pH]pc1C1CCCC1. The molecule has 0 amide bonds. The van der Waals surface area contributed by atoms with E-state index in [2.05, 4.69) is 11.7 Å². The Morgan fingerprint density at radius 2 is 2.18 bits per heavy atom. The van der Waals surface area contributed by atoms with Gasteiger partial charge in [-0.2, -0.15) is 0 Å². The minimum atomic E-state index is 0.819. The molecule has 11 heavy (non-hydrogen) atoms. The molecule has 1 nitrogen and oxygen atoms in total. The van der Waals surface area contributed by atoms with Crippen LogP contribution in [0.5, 0.6) is 0 Å². The summed E-state index contributed by atoms with van der Waals surface area (Å²) in [6.45, 7) is 2.18. The number of aryl methyl sites for hydroxylation is 1. The number of nitrogens with zero attached hydrogens (tertiary/aromatic N) is 1. The Balaban J connectivity index is 2.21. The van der Waals surface area contributed by atoms with Gasteiger partial charge in [0.15, 0.2) is 0 Å². The third-order valence-electron chi connectivity index (χ3n) is 2.50. The Labute approximate surface area is 70.8 Å². The van der Waals surface area contributed by atoms with Crippen molar-refractivity contribution in [2.24, 2.45) is 0 Å². The topological polar surface area (TPSA) is 12.9 Å². The van der Waals surface area contributed by atoms with Crippen molar-refractivity contribution in [1.29, 1.82) is 0 Å². The molecule has 0 radical (unpaired) electrons. The molecule has 0 N–H and O–H groups in total. The Kier molecular flexibility index (Phi) is 2.30. The van der Waals surface area contributed by atoms with E-state index in [9.17, 15) is 0 Å². The van der Waals surface area contributed by atoms with Gasteiger partial charge in [-0.15, -0.1) is 0 Å². The molecule has 1 fully saturated rings. The molecule has 0 saturated heterocycles. The third-order valence-corrected chi connectivity index (χ3v) is 5.29. The minimum absolute atomic E-state index is 0.819. The van der Waals surface area contributed by atoms with Gasteiger partial charge in [-0.3, -0.25) is 0 Å². The maximum atomic E-state index is 4.46. The summed E-state index contributed by atoms with van der Waals surface area (Å²) in [6.07, 6.45) is 5.75. The average molecular weight is 185 g/mol. The first kappa shape index (κ1) is 7.77. The largest absolute Gasteiger partial charge is 0.241 e. The van der Waals surface area contributed by atoms with Crippen LogP contribution in [0.2, 0.25) is 0 Å². The first-order chi connectivity index (χ1) is 5.38. The fraction of sp³-hybridized carbons (Fsp3) is 0.750. The van der Waals surface area contributed by atoms with E-state index in [1.165, 1.54) is 39.2 Å². The summed E-state index contributed by atoms with van der Waals surface area (Å²) >= 11 is 0. The molecule has 1 heterocycles. The van der Waals surface area contributed by atoms with Crippen LogP contribution in [-0.2, 0) is 0 Å². The summed E-state index contributed by atoms with van der Waals surface area (Å²) in [5.74, 6) is 0.912. The molecular formula is C8H13NP2. The van der Waals surface area contributed by atoms with Crippen molar-refractivity contribution in [2.75, 3.05) is 0 Å². The second kappa shape index (κ2) is 3.25. The third kappa shape index (κ3) is 1.50. The van der Waals surface area contributed by atoms with Crippen LogP contribution in [0.15, 0.2) is 0 Å². The van der Waals surface area contributed by atoms with Crippen molar-refractivity contribution in [3.8, 4) is 0 Å². The molecule has 0 aliphatic heterocycles. The molecule has 3 heteroatoms. The molecule has 1 saturated carbocycles. The van der Waals surface area contributed by atoms with Gasteiger partial charge in [-0.1, -0.05) is 12.8 Å². The van der Waals surface area contributed by atoms with Gasteiger partial charge < -0.3 is 0 Å². The molecule has 1 aliphatic rings. The maximum absolute atomic E-state index is 4.46. The van der Waals surface area contributed by atoms with Crippen LogP contribution < -0.4 is 0 Å². The first-order valence-corrected chi connectivity index (χ1v) is 6.93. The van der Waals surface area contributed by atoms with Crippen LogP contribution in [0.1, 0.15) is 42.6 Å². The molecule has 1 aromatic heterocycles. The van der Waals surface area contributed by atoms with Gasteiger partial charge >= 0.3 is 0 Å². The van der Waals surface area contributed by atoms with Gasteiger partial charge in [-0.05, 0) is 41.6 Å². The summed E-state index contributed by atoms with van der Waals surface area (Å²) in [7, 11) is 2.34. The van der Waals surface area contributed by atoms with Gasteiger partial charge in [0.05, 0.1) is 0 Å². The second-order valence-electron chi connectivity index (χ2n) is 3.28. The van der Waals surface area contributed by atoms with E-state index in [4.69, 9.17) is 0 Å². The van der Waals surface area contributed by atoms with E-state index < -0.39 is 0 Å². The van der Waals surface area contributed by atoms with E-state index in [0.717, 1.165) is 13.9 Å². The molecule has 1 aliphatic carbocycles. The number of hydrogen-bond acceptors (Lipinski definition) is 1. The second-order valence-corrected chi connectivity index (χ2v) is 5.68. The highest BCUT2D eigenvalue weighted by atomic mass is 31.8. The lowest BCUT2D eigenvalue weighted by atomic mass is 10.1. The zero-order chi connectivity index (χ0) is 7.68. The standard InChI is InChI=1S/C8H13NP2/c1-6-8(10-11-9-6)7-4-2-3-5-7/h7,11H,2-5H2,1H3. The predicted molar refractivity (Wildman–Crippen MR) is 52.2 cm³/mol. The lowest BCUT2D eigenvalue weighted by molar-refractivity contribution is 0.731. The van der Waals surface area contributed by atoms with Crippen molar-refractivity contribution in [3.63, 3.8) is 0 Å². The highest BCUT2D eigenvalue weighted by Crippen LogP contribution is 2.42. The molecule has 0 bridgehead atoms. The predicted octanol–water partition coefficient (Wildman–Crippen LogP) is 3.66. The van der Waals surface area contributed by atoms with E-state index in [0.29, 0.717) is 0 Å². The van der Waals surface area contributed by atoms with Crippen molar-refractivity contribution in [3.05, 3.63) is 11.0 Å². The van der Waals surface area contributed by atoms with Crippen LogP contribution in [0, 0.1) is 6.92 Å².